The zero-order valence-electron chi connectivity index (χ0n) is 15.8. The maximum Gasteiger partial charge on any atom is 0.348 e. The number of carbonyl (C=O) groups is 2. The first-order valence-corrected chi connectivity index (χ1v) is 10.3. The summed E-state index contributed by atoms with van der Waals surface area (Å²) >= 11 is 4.55. The average molecular weight is 476 g/mol. The third kappa shape index (κ3) is 4.99. The van der Waals surface area contributed by atoms with Gasteiger partial charge >= 0.3 is 11.9 Å². The second-order valence-corrected chi connectivity index (χ2v) is 7.89. The lowest BCUT2D eigenvalue weighted by Gasteiger charge is -2.04. The summed E-state index contributed by atoms with van der Waals surface area (Å²) < 4.78 is 11.2. The molecule has 0 radical (unpaired) electrons. The van der Waals surface area contributed by atoms with Crippen LogP contribution in [-0.4, -0.2) is 28.5 Å². The maximum absolute atomic E-state index is 12.1. The van der Waals surface area contributed by atoms with Gasteiger partial charge in [0.25, 0.3) is 0 Å². The Labute approximate surface area is 179 Å². The van der Waals surface area contributed by atoms with E-state index in [2.05, 4.69) is 25.9 Å². The Morgan fingerprint density at radius 3 is 2.79 bits per heavy atom. The number of nitrogens with two attached hydrogens (primary N) is 1. The number of fused-ring (bicyclic) bond motifs is 1. The molecule has 0 aliphatic heterocycles. The molecular weight excluding hydrogens is 458 g/mol. The van der Waals surface area contributed by atoms with E-state index in [1.54, 1.807) is 19.9 Å². The third-order valence-corrected chi connectivity index (χ3v) is 5.59. The van der Waals surface area contributed by atoms with Crippen molar-refractivity contribution in [1.29, 1.82) is 0 Å². The van der Waals surface area contributed by atoms with Crippen LogP contribution in [0.2, 0.25) is 0 Å². The van der Waals surface area contributed by atoms with Gasteiger partial charge in [0.05, 0.1) is 12.0 Å². The number of halogens is 1. The van der Waals surface area contributed by atoms with Crippen molar-refractivity contribution in [3.63, 3.8) is 0 Å². The number of ether oxygens (including phenoxy) is 2. The lowest BCUT2D eigenvalue weighted by Crippen LogP contribution is -2.06. The van der Waals surface area contributed by atoms with Gasteiger partial charge in [0.1, 0.15) is 15.5 Å². The highest BCUT2D eigenvalue weighted by molar-refractivity contribution is 9.10. The third-order valence-electron chi connectivity index (χ3n) is 3.93. The Morgan fingerprint density at radius 1 is 1.28 bits per heavy atom. The number of aromatic nitrogens is 2. The van der Waals surface area contributed by atoms with Crippen molar-refractivity contribution >= 4 is 61.3 Å². The van der Waals surface area contributed by atoms with E-state index in [1.807, 2.05) is 24.3 Å². The molecule has 3 rings (SSSR count). The lowest BCUT2D eigenvalue weighted by atomic mass is 10.2. The molecule has 29 heavy (non-hydrogen) atoms. The van der Waals surface area contributed by atoms with Gasteiger partial charge in [0.2, 0.25) is 0 Å². The van der Waals surface area contributed by atoms with Crippen molar-refractivity contribution in [1.82, 2.24) is 9.97 Å². The Kier molecular flexibility index (Phi) is 6.60. The van der Waals surface area contributed by atoms with E-state index in [0.29, 0.717) is 20.7 Å². The van der Waals surface area contributed by atoms with E-state index < -0.39 is 11.9 Å². The molecular formula is C20H18BrN3O4S. The first-order valence-electron chi connectivity index (χ1n) is 8.72. The summed E-state index contributed by atoms with van der Waals surface area (Å²) in [4.78, 5) is 33.6. The van der Waals surface area contributed by atoms with Gasteiger partial charge in [-0.05, 0) is 43.2 Å². The van der Waals surface area contributed by atoms with Crippen molar-refractivity contribution in [3.8, 4) is 0 Å². The van der Waals surface area contributed by atoms with Crippen molar-refractivity contribution < 1.29 is 19.1 Å². The van der Waals surface area contributed by atoms with Crippen LogP contribution in [0.15, 0.2) is 34.8 Å². The summed E-state index contributed by atoms with van der Waals surface area (Å²) in [5, 5.41) is 0.614. The molecule has 1 aromatic carbocycles. The minimum atomic E-state index is -0.526. The van der Waals surface area contributed by atoms with Crippen LogP contribution in [0, 0.1) is 6.92 Å². The zero-order chi connectivity index (χ0) is 21.0. The largest absolute Gasteiger partial charge is 0.462 e. The van der Waals surface area contributed by atoms with Crippen molar-refractivity contribution in [2.24, 2.45) is 0 Å². The second-order valence-electron chi connectivity index (χ2n) is 5.98. The molecule has 0 aliphatic carbocycles. The number of esters is 2. The topological polar surface area (TPSA) is 104 Å². The van der Waals surface area contributed by atoms with Crippen molar-refractivity contribution in [2.75, 3.05) is 12.3 Å². The van der Waals surface area contributed by atoms with Gasteiger partial charge in [0, 0.05) is 10.5 Å². The molecule has 0 spiro atoms. The van der Waals surface area contributed by atoms with Gasteiger partial charge in [-0.2, -0.15) is 0 Å². The highest BCUT2D eigenvalue weighted by Gasteiger charge is 2.20. The van der Waals surface area contributed by atoms with Gasteiger partial charge in [0.15, 0.2) is 12.4 Å². The van der Waals surface area contributed by atoms with Gasteiger partial charge in [-0.1, -0.05) is 28.1 Å². The van der Waals surface area contributed by atoms with E-state index in [0.717, 1.165) is 10.0 Å². The van der Waals surface area contributed by atoms with Gasteiger partial charge in [-0.25, -0.2) is 19.6 Å². The first-order chi connectivity index (χ1) is 13.9. The molecule has 0 saturated carbocycles. The summed E-state index contributed by atoms with van der Waals surface area (Å²) in [5.41, 5.74) is 7.59. The smallest absolute Gasteiger partial charge is 0.348 e. The molecule has 0 saturated heterocycles. The van der Waals surface area contributed by atoms with Crippen molar-refractivity contribution in [2.45, 2.75) is 20.5 Å². The van der Waals surface area contributed by atoms with Crippen LogP contribution in [-0.2, 0) is 20.9 Å². The fourth-order valence-corrected chi connectivity index (χ4v) is 4.15. The fourth-order valence-electron chi connectivity index (χ4n) is 2.63. The van der Waals surface area contributed by atoms with Crippen LogP contribution in [0.25, 0.3) is 16.3 Å². The summed E-state index contributed by atoms with van der Waals surface area (Å²) in [7, 11) is 0. The second kappa shape index (κ2) is 9.15. The number of hydrogen-bond donors (Lipinski definition) is 1. The quantitative estimate of drug-likeness (QED) is 0.418. The Morgan fingerprint density at radius 2 is 2.07 bits per heavy atom. The van der Waals surface area contributed by atoms with Crippen LogP contribution >= 0.6 is 27.3 Å². The predicted octanol–water partition coefficient (Wildman–Crippen LogP) is 4.28. The lowest BCUT2D eigenvalue weighted by molar-refractivity contribution is -0.139. The average Bonchev–Trinajstić information content (AvgIpc) is 3.02. The Bertz CT molecular complexity index is 1110. The molecule has 9 heteroatoms. The zero-order valence-corrected chi connectivity index (χ0v) is 18.2. The monoisotopic (exact) mass is 475 g/mol. The van der Waals surface area contributed by atoms with E-state index in [4.69, 9.17) is 15.2 Å². The van der Waals surface area contributed by atoms with E-state index in [-0.39, 0.29) is 24.9 Å². The highest BCUT2D eigenvalue weighted by Crippen LogP contribution is 2.33. The summed E-state index contributed by atoms with van der Waals surface area (Å²) in [5.74, 6) is -0.453. The number of hydrogen-bond acceptors (Lipinski definition) is 8. The summed E-state index contributed by atoms with van der Waals surface area (Å²) in [6, 6.07) is 7.51. The predicted molar refractivity (Wildman–Crippen MR) is 115 cm³/mol. The summed E-state index contributed by atoms with van der Waals surface area (Å²) in [6.07, 6.45) is 2.98. The number of anilines is 1. The van der Waals surface area contributed by atoms with Crippen LogP contribution in [0.3, 0.4) is 0 Å². The van der Waals surface area contributed by atoms with Gasteiger partial charge in [-0.3, -0.25) is 0 Å². The molecule has 0 bridgehead atoms. The molecule has 0 unspecified atom stereocenters. The number of benzene rings is 1. The SMILES string of the molecule is CCOC(=O)c1sc2nc(COC(=O)/C=C/c3cccc(Br)c3)nc(N)c2c1C. The molecule has 3 aromatic rings. The van der Waals surface area contributed by atoms with Crippen LogP contribution in [0.5, 0.6) is 0 Å². The minimum absolute atomic E-state index is 0.131. The Balaban J connectivity index is 1.73. The molecule has 0 amide bonds. The molecule has 2 N–H and O–H groups in total. The normalized spacial score (nSPS) is 11.1. The molecule has 0 atom stereocenters. The highest BCUT2D eigenvalue weighted by atomic mass is 79.9. The molecule has 2 aromatic heterocycles. The molecule has 0 aliphatic rings. The number of carbonyl (C=O) groups excluding carboxylic acids is 2. The molecule has 7 nitrogen and oxygen atoms in total. The first kappa shape index (κ1) is 20.9. The number of rotatable bonds is 6. The molecule has 0 fully saturated rings. The summed E-state index contributed by atoms with van der Waals surface area (Å²) in [6.45, 7) is 3.67. The number of nitrogen functional groups attached to an aromatic ring is 1. The van der Waals surface area contributed by atoms with E-state index in [9.17, 15) is 9.59 Å². The fraction of sp³-hybridized carbons (Fsp3) is 0.200. The number of thiophene rings is 1. The molecule has 150 valence electrons. The van der Waals surface area contributed by atoms with Crippen molar-refractivity contribution in [3.05, 3.63) is 56.6 Å². The van der Waals surface area contributed by atoms with Crippen LogP contribution in [0.4, 0.5) is 5.82 Å². The Hall–Kier alpha value is -2.78. The van der Waals surface area contributed by atoms with Gasteiger partial charge in [-0.15, -0.1) is 11.3 Å². The standard InChI is InChI=1S/C20H18BrN3O4S/c1-3-27-20(26)17-11(2)16-18(22)23-14(24-19(16)29-17)10-28-15(25)8-7-12-5-4-6-13(21)9-12/h4-9H,3,10H2,1-2H3,(H2,22,23,24)/b8-7+. The van der Waals surface area contributed by atoms with Gasteiger partial charge < -0.3 is 15.2 Å². The van der Waals surface area contributed by atoms with Crippen LogP contribution in [0.1, 0.15) is 33.5 Å². The van der Waals surface area contributed by atoms with E-state index >= 15 is 0 Å². The number of aryl methyl sites for hydroxylation is 1. The maximum atomic E-state index is 12.1. The minimum Gasteiger partial charge on any atom is -0.462 e. The molecule has 2 heterocycles. The number of nitrogens with zero attached hydrogens (tertiary/aromatic N) is 2. The van der Waals surface area contributed by atoms with Crippen LogP contribution < -0.4 is 5.73 Å². The van der Waals surface area contributed by atoms with E-state index in [1.165, 1.54) is 17.4 Å².